The van der Waals surface area contributed by atoms with Crippen LogP contribution >= 0.6 is 0 Å². The highest BCUT2D eigenvalue weighted by molar-refractivity contribution is 6.39. The van der Waals surface area contributed by atoms with E-state index in [-0.39, 0.29) is 12.5 Å². The summed E-state index contributed by atoms with van der Waals surface area (Å²) in [6, 6.07) is 1.68. The Balaban J connectivity index is 2.53. The number of amides is 2. The van der Waals surface area contributed by atoms with Crippen LogP contribution in [-0.4, -0.2) is 33.1 Å². The molecule has 1 aromatic rings. The molecule has 0 aliphatic rings. The van der Waals surface area contributed by atoms with Gasteiger partial charge in [0.15, 0.2) is 0 Å². The predicted octanol–water partition coefficient (Wildman–Crippen LogP) is -1.61. The molecular formula is C7H8N6O2. The lowest BCUT2D eigenvalue weighted by Crippen LogP contribution is -2.36. The molecule has 0 saturated carbocycles. The first-order valence-electron chi connectivity index (χ1n) is 3.95. The largest absolute Gasteiger partial charge is 0.335 e. The van der Waals surface area contributed by atoms with Crippen LogP contribution in [0.4, 0.5) is 5.95 Å². The van der Waals surface area contributed by atoms with Crippen molar-refractivity contribution in [2.45, 2.75) is 0 Å². The van der Waals surface area contributed by atoms with E-state index in [0.717, 1.165) is 0 Å². The van der Waals surface area contributed by atoms with Gasteiger partial charge in [-0.1, -0.05) is 0 Å². The molecule has 0 saturated heterocycles. The van der Waals surface area contributed by atoms with Crippen molar-refractivity contribution in [3.05, 3.63) is 6.33 Å². The molecule has 0 aromatic carbocycles. The van der Waals surface area contributed by atoms with Crippen molar-refractivity contribution in [2.75, 3.05) is 11.9 Å². The van der Waals surface area contributed by atoms with Gasteiger partial charge in [0.25, 0.3) is 0 Å². The van der Waals surface area contributed by atoms with E-state index in [2.05, 4.69) is 20.7 Å². The van der Waals surface area contributed by atoms with Crippen molar-refractivity contribution in [2.24, 2.45) is 7.05 Å². The molecule has 0 spiro atoms. The SMILES string of the molecule is Cn1ncnc1NC(=O)C(=O)NCC#N. The third-order valence-corrected chi connectivity index (χ3v) is 1.47. The molecule has 0 radical (unpaired) electrons. The van der Waals surface area contributed by atoms with Gasteiger partial charge in [0.2, 0.25) is 5.95 Å². The second kappa shape index (κ2) is 4.71. The summed E-state index contributed by atoms with van der Waals surface area (Å²) < 4.78 is 1.30. The van der Waals surface area contributed by atoms with Crippen LogP contribution in [0.5, 0.6) is 0 Å². The Bertz CT molecular complexity index is 417. The fourth-order valence-corrected chi connectivity index (χ4v) is 0.768. The minimum Gasteiger partial charge on any atom is -0.335 e. The van der Waals surface area contributed by atoms with Crippen LogP contribution in [0.1, 0.15) is 0 Å². The maximum atomic E-state index is 11.2. The summed E-state index contributed by atoms with van der Waals surface area (Å²) in [5.74, 6) is -1.62. The number of carbonyl (C=O) groups excluding carboxylic acids is 2. The Hall–Kier alpha value is -2.43. The second-order valence-corrected chi connectivity index (χ2v) is 2.50. The van der Waals surface area contributed by atoms with Gasteiger partial charge in [-0.05, 0) is 0 Å². The zero-order chi connectivity index (χ0) is 11.3. The number of hydrogen-bond acceptors (Lipinski definition) is 5. The van der Waals surface area contributed by atoms with Crippen molar-refractivity contribution in [1.29, 1.82) is 5.26 Å². The average molecular weight is 208 g/mol. The molecule has 0 bridgehead atoms. The van der Waals surface area contributed by atoms with E-state index in [1.54, 1.807) is 13.1 Å². The minimum atomic E-state index is -0.889. The van der Waals surface area contributed by atoms with E-state index < -0.39 is 11.8 Å². The highest BCUT2D eigenvalue weighted by Gasteiger charge is 2.14. The number of rotatable bonds is 2. The van der Waals surface area contributed by atoms with Crippen LogP contribution in [0.25, 0.3) is 0 Å². The van der Waals surface area contributed by atoms with E-state index in [1.807, 2.05) is 0 Å². The van der Waals surface area contributed by atoms with E-state index in [0.29, 0.717) is 0 Å². The Morgan fingerprint density at radius 3 is 2.87 bits per heavy atom. The van der Waals surface area contributed by atoms with Gasteiger partial charge in [0.05, 0.1) is 6.07 Å². The van der Waals surface area contributed by atoms with Crippen LogP contribution in [0.15, 0.2) is 6.33 Å². The first kappa shape index (κ1) is 10.6. The Morgan fingerprint density at radius 2 is 2.33 bits per heavy atom. The molecule has 0 aliphatic carbocycles. The fraction of sp³-hybridized carbons (Fsp3) is 0.286. The summed E-state index contributed by atoms with van der Waals surface area (Å²) in [6.45, 7) is -0.217. The number of hydrogen-bond donors (Lipinski definition) is 2. The molecule has 8 heteroatoms. The van der Waals surface area contributed by atoms with Crippen molar-refractivity contribution < 1.29 is 9.59 Å². The molecule has 0 aliphatic heterocycles. The highest BCUT2D eigenvalue weighted by atomic mass is 16.2. The molecule has 0 unspecified atom stereocenters. The van der Waals surface area contributed by atoms with Crippen LogP contribution < -0.4 is 10.6 Å². The van der Waals surface area contributed by atoms with E-state index in [4.69, 9.17) is 5.26 Å². The fourth-order valence-electron chi connectivity index (χ4n) is 0.768. The molecule has 1 rings (SSSR count). The molecule has 1 aromatic heterocycles. The lowest BCUT2D eigenvalue weighted by atomic mass is 10.5. The number of nitriles is 1. The number of nitrogens with zero attached hydrogens (tertiary/aromatic N) is 4. The number of aryl methyl sites for hydroxylation is 1. The van der Waals surface area contributed by atoms with Gasteiger partial charge in [0, 0.05) is 7.05 Å². The lowest BCUT2D eigenvalue weighted by molar-refractivity contribution is -0.136. The van der Waals surface area contributed by atoms with Crippen LogP contribution in [0, 0.1) is 11.3 Å². The summed E-state index contributed by atoms with van der Waals surface area (Å²) in [4.78, 5) is 25.9. The van der Waals surface area contributed by atoms with Gasteiger partial charge in [-0.3, -0.25) is 14.9 Å². The quantitative estimate of drug-likeness (QED) is 0.448. The number of nitrogens with one attached hydrogen (secondary N) is 2. The maximum absolute atomic E-state index is 11.2. The van der Waals surface area contributed by atoms with Crippen LogP contribution in [-0.2, 0) is 16.6 Å². The van der Waals surface area contributed by atoms with Gasteiger partial charge in [-0.25, -0.2) is 4.68 Å². The number of anilines is 1. The van der Waals surface area contributed by atoms with Crippen molar-refractivity contribution in [3.63, 3.8) is 0 Å². The second-order valence-electron chi connectivity index (χ2n) is 2.50. The maximum Gasteiger partial charge on any atom is 0.316 e. The van der Waals surface area contributed by atoms with Crippen molar-refractivity contribution >= 4 is 17.8 Å². The van der Waals surface area contributed by atoms with Crippen LogP contribution in [0.2, 0.25) is 0 Å². The van der Waals surface area contributed by atoms with Gasteiger partial charge < -0.3 is 5.32 Å². The number of aromatic nitrogens is 3. The molecule has 0 atom stereocenters. The number of carbonyl (C=O) groups is 2. The zero-order valence-corrected chi connectivity index (χ0v) is 7.89. The molecule has 0 fully saturated rings. The molecule has 15 heavy (non-hydrogen) atoms. The first-order chi connectivity index (χ1) is 7.15. The normalized spacial score (nSPS) is 9.07. The highest BCUT2D eigenvalue weighted by Crippen LogP contribution is 1.96. The molecule has 8 nitrogen and oxygen atoms in total. The van der Waals surface area contributed by atoms with Crippen molar-refractivity contribution in [3.8, 4) is 6.07 Å². The molecule has 78 valence electrons. The first-order valence-corrected chi connectivity index (χ1v) is 3.95. The third kappa shape index (κ3) is 2.77. The Labute approximate surface area is 84.9 Å². The molecule has 1 heterocycles. The van der Waals surface area contributed by atoms with E-state index in [1.165, 1.54) is 11.0 Å². The van der Waals surface area contributed by atoms with Gasteiger partial charge in [0.1, 0.15) is 12.9 Å². The standard InChI is InChI=1S/C7H8N6O2/c1-13-7(10-4-11-13)12-6(15)5(14)9-3-2-8/h4H,3H2,1H3,(H,9,14)(H,10,11,12,15). The molecule has 2 amide bonds. The van der Waals surface area contributed by atoms with E-state index in [9.17, 15) is 9.59 Å². The van der Waals surface area contributed by atoms with Crippen molar-refractivity contribution in [1.82, 2.24) is 20.1 Å². The smallest absolute Gasteiger partial charge is 0.316 e. The predicted molar refractivity (Wildman–Crippen MR) is 48.3 cm³/mol. The van der Waals surface area contributed by atoms with Gasteiger partial charge in [-0.15, -0.1) is 0 Å². The zero-order valence-electron chi connectivity index (χ0n) is 7.89. The summed E-state index contributed by atoms with van der Waals surface area (Å²) in [5, 5.41) is 16.2. The summed E-state index contributed by atoms with van der Waals surface area (Å²) >= 11 is 0. The average Bonchev–Trinajstić information content (AvgIpc) is 2.61. The van der Waals surface area contributed by atoms with E-state index >= 15 is 0 Å². The topological polar surface area (TPSA) is 113 Å². The summed E-state index contributed by atoms with van der Waals surface area (Å²) in [5.41, 5.74) is 0. The summed E-state index contributed by atoms with van der Waals surface area (Å²) in [6.07, 6.45) is 1.24. The van der Waals surface area contributed by atoms with Gasteiger partial charge >= 0.3 is 11.8 Å². The lowest BCUT2D eigenvalue weighted by Gasteiger charge is -2.02. The molecular weight excluding hydrogens is 200 g/mol. The van der Waals surface area contributed by atoms with Crippen LogP contribution in [0.3, 0.4) is 0 Å². The Morgan fingerprint density at radius 1 is 1.60 bits per heavy atom. The monoisotopic (exact) mass is 208 g/mol. The third-order valence-electron chi connectivity index (χ3n) is 1.47. The summed E-state index contributed by atoms with van der Waals surface area (Å²) in [7, 11) is 1.57. The van der Waals surface area contributed by atoms with Gasteiger partial charge in [-0.2, -0.15) is 15.3 Å². The Kier molecular flexibility index (Phi) is 3.34. The molecule has 2 N–H and O–H groups in total. The minimum absolute atomic E-state index is 0.159.